The van der Waals surface area contributed by atoms with Gasteiger partial charge in [-0.25, -0.2) is 4.79 Å². The Kier molecular flexibility index (Phi) is 4.65. The number of hydrogen-bond donors (Lipinski definition) is 3. The number of nitrogens with zero attached hydrogens (tertiary/aromatic N) is 1. The number of carbonyl (C=O) groups excluding carboxylic acids is 4. The molecule has 2 aliphatic carbocycles. The number of carbonyl (C=O) groups is 4. The molecule has 1 aromatic heterocycles. The van der Waals surface area contributed by atoms with E-state index in [0.29, 0.717) is 17.0 Å². The molecule has 1 aromatic rings. The van der Waals surface area contributed by atoms with Gasteiger partial charge in [0, 0.05) is 4.88 Å². The van der Waals surface area contributed by atoms with E-state index in [4.69, 9.17) is 5.73 Å². The number of nitrogens with two attached hydrogens (primary N) is 1. The zero-order valence-corrected chi connectivity index (χ0v) is 16.6. The number of primary amides is 1. The largest absolute Gasteiger partial charge is 0.365 e. The summed E-state index contributed by atoms with van der Waals surface area (Å²) in [6.07, 6.45) is 5.98. The molecule has 2 fully saturated rings. The maximum atomic E-state index is 13.0. The molecule has 5 amide bonds. The third kappa shape index (κ3) is 2.88. The van der Waals surface area contributed by atoms with Gasteiger partial charge in [-0.2, -0.15) is 0 Å². The highest BCUT2D eigenvalue weighted by Crippen LogP contribution is 2.40. The number of hydrogen-bond acceptors (Lipinski definition) is 5. The molecule has 0 bridgehead atoms. The first kappa shape index (κ1) is 18.9. The lowest BCUT2D eigenvalue weighted by molar-refractivity contribution is -0.136. The summed E-state index contributed by atoms with van der Waals surface area (Å²) >= 11 is 1.35. The van der Waals surface area contributed by atoms with Crippen molar-refractivity contribution in [2.45, 2.75) is 57.4 Å². The SMILES string of the molecule is C[C@H]1CCCC[C@@]12NC(=O)N(CC(=O)Nc1sc3c(c1C(N)=O)CCC3)C2=O. The lowest BCUT2D eigenvalue weighted by atomic mass is 9.73. The van der Waals surface area contributed by atoms with Gasteiger partial charge in [-0.3, -0.25) is 19.3 Å². The zero-order valence-electron chi connectivity index (χ0n) is 15.8. The fraction of sp³-hybridized carbons (Fsp3) is 0.579. The molecule has 1 saturated heterocycles. The van der Waals surface area contributed by atoms with Gasteiger partial charge >= 0.3 is 6.03 Å². The van der Waals surface area contributed by atoms with Crippen molar-refractivity contribution in [3.05, 3.63) is 16.0 Å². The van der Waals surface area contributed by atoms with Gasteiger partial charge in [0.25, 0.3) is 11.8 Å². The number of rotatable bonds is 4. The summed E-state index contributed by atoms with van der Waals surface area (Å²) in [7, 11) is 0. The molecule has 3 aliphatic rings. The zero-order chi connectivity index (χ0) is 20.1. The van der Waals surface area contributed by atoms with E-state index in [0.717, 1.165) is 53.9 Å². The van der Waals surface area contributed by atoms with Gasteiger partial charge in [0.05, 0.1) is 5.56 Å². The fourth-order valence-corrected chi connectivity index (χ4v) is 6.01. The number of nitrogens with one attached hydrogen (secondary N) is 2. The molecule has 2 heterocycles. The molecule has 28 heavy (non-hydrogen) atoms. The van der Waals surface area contributed by atoms with E-state index in [9.17, 15) is 19.2 Å². The van der Waals surface area contributed by atoms with Crippen LogP contribution in [0.4, 0.5) is 9.80 Å². The molecule has 0 radical (unpaired) electrons. The van der Waals surface area contributed by atoms with Crippen LogP contribution >= 0.6 is 11.3 Å². The van der Waals surface area contributed by atoms with Crippen molar-refractivity contribution in [2.75, 3.05) is 11.9 Å². The topological polar surface area (TPSA) is 122 Å². The summed E-state index contributed by atoms with van der Waals surface area (Å²) in [5, 5.41) is 5.94. The Hall–Kier alpha value is -2.42. The maximum Gasteiger partial charge on any atom is 0.325 e. The molecule has 4 rings (SSSR count). The predicted molar refractivity (Wildman–Crippen MR) is 104 cm³/mol. The number of aryl methyl sites for hydroxylation is 1. The van der Waals surface area contributed by atoms with E-state index in [1.54, 1.807) is 0 Å². The highest BCUT2D eigenvalue weighted by atomic mass is 32.1. The molecular formula is C19H24N4O4S. The number of imide groups is 1. The van der Waals surface area contributed by atoms with Crippen LogP contribution in [0.25, 0.3) is 0 Å². The second kappa shape index (κ2) is 6.88. The summed E-state index contributed by atoms with van der Waals surface area (Å²) in [5.41, 5.74) is 5.90. The van der Waals surface area contributed by atoms with Crippen molar-refractivity contribution in [1.82, 2.24) is 10.2 Å². The first-order valence-corrected chi connectivity index (χ1v) is 10.5. The summed E-state index contributed by atoms with van der Waals surface area (Å²) < 4.78 is 0. The van der Waals surface area contributed by atoms with Crippen LogP contribution in [-0.2, 0) is 22.4 Å². The molecule has 1 saturated carbocycles. The van der Waals surface area contributed by atoms with Crippen molar-refractivity contribution in [1.29, 1.82) is 0 Å². The summed E-state index contributed by atoms with van der Waals surface area (Å²) in [6, 6.07) is -0.530. The minimum atomic E-state index is -0.891. The molecule has 0 unspecified atom stereocenters. The Morgan fingerprint density at radius 1 is 1.29 bits per heavy atom. The molecule has 1 aliphatic heterocycles. The summed E-state index contributed by atoms with van der Waals surface area (Å²) in [6.45, 7) is 1.59. The number of fused-ring (bicyclic) bond motifs is 1. The molecular weight excluding hydrogens is 380 g/mol. The molecule has 4 N–H and O–H groups in total. The molecule has 150 valence electrons. The number of anilines is 1. The van der Waals surface area contributed by atoms with Crippen LogP contribution in [-0.4, -0.2) is 40.7 Å². The first-order valence-electron chi connectivity index (χ1n) is 9.72. The van der Waals surface area contributed by atoms with Crippen LogP contribution in [0.3, 0.4) is 0 Å². The Morgan fingerprint density at radius 2 is 2.07 bits per heavy atom. The average molecular weight is 404 g/mol. The third-order valence-electron chi connectivity index (χ3n) is 6.22. The van der Waals surface area contributed by atoms with Crippen molar-refractivity contribution >= 4 is 40.1 Å². The van der Waals surface area contributed by atoms with E-state index in [2.05, 4.69) is 10.6 Å². The Labute approximate surface area is 166 Å². The average Bonchev–Trinajstić information content (AvgIpc) is 3.26. The monoisotopic (exact) mass is 404 g/mol. The quantitative estimate of drug-likeness (QED) is 0.662. The second-order valence-electron chi connectivity index (χ2n) is 7.91. The Morgan fingerprint density at radius 3 is 2.79 bits per heavy atom. The summed E-state index contributed by atoms with van der Waals surface area (Å²) in [4.78, 5) is 51.9. The van der Waals surface area contributed by atoms with Crippen molar-refractivity contribution in [2.24, 2.45) is 11.7 Å². The van der Waals surface area contributed by atoms with Crippen LogP contribution in [0.2, 0.25) is 0 Å². The van der Waals surface area contributed by atoms with Crippen molar-refractivity contribution in [3.8, 4) is 0 Å². The van der Waals surface area contributed by atoms with Gasteiger partial charge in [-0.1, -0.05) is 19.8 Å². The van der Waals surface area contributed by atoms with E-state index < -0.39 is 23.4 Å². The normalized spacial score (nSPS) is 26.5. The van der Waals surface area contributed by atoms with Gasteiger partial charge in [-0.15, -0.1) is 11.3 Å². The highest BCUT2D eigenvalue weighted by molar-refractivity contribution is 7.17. The van der Waals surface area contributed by atoms with Crippen LogP contribution in [0.1, 0.15) is 59.8 Å². The van der Waals surface area contributed by atoms with Gasteiger partial charge in [-0.05, 0) is 43.6 Å². The van der Waals surface area contributed by atoms with Crippen LogP contribution in [0, 0.1) is 5.92 Å². The standard InChI is InChI=1S/C19H24N4O4S/c1-10-5-2-3-8-19(10)17(26)23(18(27)22-19)9-13(24)21-16-14(15(20)25)11-6-4-7-12(11)28-16/h10H,2-9H2,1H3,(H2,20,25)(H,21,24)(H,22,27)/t10-,19+/m0/s1. The fourth-order valence-electron chi connectivity index (χ4n) is 4.70. The Bertz CT molecular complexity index is 880. The summed E-state index contributed by atoms with van der Waals surface area (Å²) in [5.74, 6) is -1.37. The van der Waals surface area contributed by atoms with Crippen molar-refractivity contribution < 1.29 is 19.2 Å². The van der Waals surface area contributed by atoms with Crippen LogP contribution < -0.4 is 16.4 Å². The molecule has 0 aromatic carbocycles. The molecule has 2 atom stereocenters. The molecule has 1 spiro atoms. The van der Waals surface area contributed by atoms with Gasteiger partial charge < -0.3 is 16.4 Å². The molecule has 9 heteroatoms. The van der Waals surface area contributed by atoms with Crippen molar-refractivity contribution in [3.63, 3.8) is 0 Å². The second-order valence-corrected chi connectivity index (χ2v) is 9.02. The van der Waals surface area contributed by atoms with Gasteiger partial charge in [0.15, 0.2) is 0 Å². The lowest BCUT2D eigenvalue weighted by Gasteiger charge is -2.36. The van der Waals surface area contributed by atoms with Crippen LogP contribution in [0.5, 0.6) is 0 Å². The molecule has 8 nitrogen and oxygen atoms in total. The van der Waals surface area contributed by atoms with E-state index in [1.807, 2.05) is 6.92 Å². The van der Waals surface area contributed by atoms with Gasteiger partial charge in [0.2, 0.25) is 5.91 Å². The third-order valence-corrected chi connectivity index (χ3v) is 7.43. The van der Waals surface area contributed by atoms with Gasteiger partial charge in [0.1, 0.15) is 17.1 Å². The minimum Gasteiger partial charge on any atom is -0.365 e. The highest BCUT2D eigenvalue weighted by Gasteiger charge is 2.55. The number of thiophene rings is 1. The minimum absolute atomic E-state index is 0.0347. The van der Waals surface area contributed by atoms with E-state index in [1.165, 1.54) is 11.3 Å². The van der Waals surface area contributed by atoms with E-state index >= 15 is 0 Å². The maximum absolute atomic E-state index is 13.0. The van der Waals surface area contributed by atoms with E-state index in [-0.39, 0.29) is 18.4 Å². The Balaban J connectivity index is 1.50. The number of urea groups is 1. The first-order chi connectivity index (χ1) is 13.3. The smallest absolute Gasteiger partial charge is 0.325 e. The lowest BCUT2D eigenvalue weighted by Crippen LogP contribution is -2.54. The predicted octanol–water partition coefficient (Wildman–Crippen LogP) is 1.77. The number of amides is 5. The van der Waals surface area contributed by atoms with Crippen LogP contribution in [0.15, 0.2) is 0 Å².